The Kier molecular flexibility index (Phi) is 6.18. The highest BCUT2D eigenvalue weighted by Gasteiger charge is 2.30. The first kappa shape index (κ1) is 21.2. The molecule has 0 radical (unpaired) electrons. The molecule has 0 unspecified atom stereocenters. The number of hydrogen-bond acceptors (Lipinski definition) is 5. The van der Waals surface area contributed by atoms with Crippen LogP contribution in [0.15, 0.2) is 47.4 Å². The highest BCUT2D eigenvalue weighted by molar-refractivity contribution is 7.89. The topological polar surface area (TPSA) is 83.8 Å². The molecular formula is C20H24FN3O4S. The van der Waals surface area contributed by atoms with Crippen molar-refractivity contribution >= 4 is 21.4 Å². The number of nitrogens with zero attached hydrogens (tertiary/aromatic N) is 3. The number of hydrogen-bond donors (Lipinski definition) is 0. The molecule has 0 saturated carbocycles. The number of anilines is 1. The van der Waals surface area contributed by atoms with Crippen LogP contribution in [0.5, 0.6) is 0 Å². The lowest BCUT2D eigenvalue weighted by molar-refractivity contribution is -0.384. The molecule has 1 saturated heterocycles. The van der Waals surface area contributed by atoms with Gasteiger partial charge in [-0.25, -0.2) is 12.8 Å². The van der Waals surface area contributed by atoms with Crippen LogP contribution in [-0.4, -0.2) is 43.8 Å². The molecule has 0 N–H and O–H groups in total. The number of halogens is 1. The summed E-state index contributed by atoms with van der Waals surface area (Å²) < 4.78 is 40.7. The highest BCUT2D eigenvalue weighted by atomic mass is 32.2. The molecule has 1 fully saturated rings. The molecule has 156 valence electrons. The lowest BCUT2D eigenvalue weighted by Gasteiger charge is -2.35. The van der Waals surface area contributed by atoms with Crippen molar-refractivity contribution in [3.05, 3.63) is 64.0 Å². The fourth-order valence-electron chi connectivity index (χ4n) is 3.43. The van der Waals surface area contributed by atoms with Crippen LogP contribution in [0, 0.1) is 15.9 Å². The molecule has 29 heavy (non-hydrogen) atoms. The fourth-order valence-corrected chi connectivity index (χ4v) is 4.85. The van der Waals surface area contributed by atoms with Crippen LogP contribution >= 0.6 is 0 Å². The second-order valence-corrected chi connectivity index (χ2v) is 9.10. The lowest BCUT2D eigenvalue weighted by atomic mass is 9.99. The predicted molar refractivity (Wildman–Crippen MR) is 109 cm³/mol. The third-order valence-electron chi connectivity index (χ3n) is 5.41. The third kappa shape index (κ3) is 4.40. The van der Waals surface area contributed by atoms with Crippen LogP contribution in [-0.2, 0) is 10.0 Å². The Morgan fingerprint density at radius 1 is 1.10 bits per heavy atom. The zero-order valence-corrected chi connectivity index (χ0v) is 17.2. The summed E-state index contributed by atoms with van der Waals surface area (Å²) in [5.41, 5.74) is 1.08. The van der Waals surface area contributed by atoms with E-state index in [1.165, 1.54) is 16.4 Å². The second kappa shape index (κ2) is 8.46. The van der Waals surface area contributed by atoms with E-state index in [4.69, 9.17) is 0 Å². The maximum absolute atomic E-state index is 13.4. The van der Waals surface area contributed by atoms with Gasteiger partial charge in [-0.3, -0.25) is 10.1 Å². The number of benzene rings is 2. The SMILES string of the molecule is CC[C@H](C)c1ccc(S(=O)(=O)N2CCN(c3ccc(F)cc3[N+](=O)[O-])CC2)cc1. The van der Waals surface area contributed by atoms with Crippen molar-refractivity contribution in [2.75, 3.05) is 31.1 Å². The molecule has 2 aromatic carbocycles. The molecule has 0 bridgehead atoms. The summed E-state index contributed by atoms with van der Waals surface area (Å²) in [6.07, 6.45) is 0.976. The van der Waals surface area contributed by atoms with Crippen molar-refractivity contribution < 1.29 is 17.7 Å². The molecular weight excluding hydrogens is 397 g/mol. The lowest BCUT2D eigenvalue weighted by Crippen LogP contribution is -2.48. The Hall–Kier alpha value is -2.52. The van der Waals surface area contributed by atoms with E-state index >= 15 is 0 Å². The van der Waals surface area contributed by atoms with E-state index in [0.29, 0.717) is 11.6 Å². The van der Waals surface area contributed by atoms with Gasteiger partial charge in [-0.15, -0.1) is 0 Å². The van der Waals surface area contributed by atoms with E-state index in [9.17, 15) is 22.9 Å². The largest absolute Gasteiger partial charge is 0.363 e. The zero-order valence-electron chi connectivity index (χ0n) is 16.4. The van der Waals surface area contributed by atoms with Gasteiger partial charge in [0.25, 0.3) is 5.69 Å². The molecule has 3 rings (SSSR count). The summed E-state index contributed by atoms with van der Waals surface area (Å²) >= 11 is 0. The Labute approximate surface area is 170 Å². The second-order valence-electron chi connectivity index (χ2n) is 7.16. The summed E-state index contributed by atoms with van der Waals surface area (Å²) in [4.78, 5) is 12.6. The van der Waals surface area contributed by atoms with Crippen LogP contribution < -0.4 is 4.90 Å². The van der Waals surface area contributed by atoms with Crippen LogP contribution in [0.4, 0.5) is 15.8 Å². The Morgan fingerprint density at radius 3 is 2.28 bits per heavy atom. The fraction of sp³-hybridized carbons (Fsp3) is 0.400. The molecule has 7 nitrogen and oxygen atoms in total. The van der Waals surface area contributed by atoms with E-state index in [2.05, 4.69) is 13.8 Å². The highest BCUT2D eigenvalue weighted by Crippen LogP contribution is 2.30. The van der Waals surface area contributed by atoms with Gasteiger partial charge in [0, 0.05) is 26.2 Å². The minimum Gasteiger partial charge on any atom is -0.363 e. The summed E-state index contributed by atoms with van der Waals surface area (Å²) in [6, 6.07) is 10.4. The number of piperazine rings is 1. The summed E-state index contributed by atoms with van der Waals surface area (Å²) in [6.45, 7) is 5.15. The standard InChI is InChI=1S/C20H24FN3O4S/c1-3-15(2)16-4-7-18(8-5-16)29(27,28)23-12-10-22(11-13-23)19-9-6-17(21)14-20(19)24(25)26/h4-9,14-15H,3,10-13H2,1-2H3/t15-/m0/s1. The maximum atomic E-state index is 13.4. The van der Waals surface area contributed by atoms with E-state index in [1.54, 1.807) is 17.0 Å². The quantitative estimate of drug-likeness (QED) is 0.524. The van der Waals surface area contributed by atoms with E-state index in [0.717, 1.165) is 18.1 Å². The number of nitro groups is 1. The van der Waals surface area contributed by atoms with E-state index in [1.807, 2.05) is 12.1 Å². The maximum Gasteiger partial charge on any atom is 0.295 e. The van der Waals surface area contributed by atoms with E-state index < -0.39 is 20.8 Å². The van der Waals surface area contributed by atoms with Gasteiger partial charge in [0.15, 0.2) is 0 Å². The number of nitro benzene ring substituents is 1. The molecule has 1 heterocycles. The van der Waals surface area contributed by atoms with Crippen molar-refractivity contribution in [2.45, 2.75) is 31.1 Å². The normalized spacial score (nSPS) is 16.6. The Morgan fingerprint density at radius 2 is 1.72 bits per heavy atom. The first-order valence-corrected chi connectivity index (χ1v) is 11.0. The van der Waals surface area contributed by atoms with Crippen molar-refractivity contribution in [2.24, 2.45) is 0 Å². The van der Waals surface area contributed by atoms with Crippen LogP contribution in [0.25, 0.3) is 0 Å². The van der Waals surface area contributed by atoms with Gasteiger partial charge in [0.2, 0.25) is 10.0 Å². The van der Waals surface area contributed by atoms with Gasteiger partial charge in [0.1, 0.15) is 11.5 Å². The molecule has 0 aliphatic carbocycles. The molecule has 0 amide bonds. The van der Waals surface area contributed by atoms with Crippen LogP contribution in [0.2, 0.25) is 0 Å². The van der Waals surface area contributed by atoms with Crippen molar-refractivity contribution in [1.29, 1.82) is 0 Å². The Bertz CT molecular complexity index is 987. The third-order valence-corrected chi connectivity index (χ3v) is 7.33. The number of sulfonamides is 1. The monoisotopic (exact) mass is 421 g/mol. The minimum absolute atomic E-state index is 0.198. The van der Waals surface area contributed by atoms with Gasteiger partial charge in [-0.05, 0) is 42.2 Å². The molecule has 1 aliphatic rings. The van der Waals surface area contributed by atoms with Crippen molar-refractivity contribution in [3.8, 4) is 0 Å². The molecule has 0 spiro atoms. The minimum atomic E-state index is -3.64. The van der Waals surface area contributed by atoms with E-state index in [-0.39, 0.29) is 36.8 Å². The summed E-state index contributed by atoms with van der Waals surface area (Å²) in [7, 11) is -3.64. The van der Waals surface area contributed by atoms with Crippen molar-refractivity contribution in [1.82, 2.24) is 4.31 Å². The van der Waals surface area contributed by atoms with Gasteiger partial charge in [-0.1, -0.05) is 26.0 Å². The average molecular weight is 421 g/mol. The first-order chi connectivity index (χ1) is 13.7. The van der Waals surface area contributed by atoms with Gasteiger partial charge < -0.3 is 4.90 Å². The van der Waals surface area contributed by atoms with Crippen LogP contribution in [0.3, 0.4) is 0 Å². The molecule has 0 aromatic heterocycles. The van der Waals surface area contributed by atoms with Crippen molar-refractivity contribution in [3.63, 3.8) is 0 Å². The predicted octanol–water partition coefficient (Wildman–Crippen LogP) is 3.76. The van der Waals surface area contributed by atoms with Gasteiger partial charge in [0.05, 0.1) is 15.9 Å². The zero-order chi connectivity index (χ0) is 21.2. The Balaban J connectivity index is 1.74. The molecule has 1 atom stereocenters. The average Bonchev–Trinajstić information content (AvgIpc) is 2.73. The molecule has 1 aliphatic heterocycles. The molecule has 2 aromatic rings. The summed E-state index contributed by atoms with van der Waals surface area (Å²) in [5.74, 6) is -0.315. The first-order valence-electron chi connectivity index (χ1n) is 9.53. The van der Waals surface area contributed by atoms with Gasteiger partial charge >= 0.3 is 0 Å². The van der Waals surface area contributed by atoms with Gasteiger partial charge in [-0.2, -0.15) is 4.31 Å². The van der Waals surface area contributed by atoms with Crippen LogP contribution in [0.1, 0.15) is 31.7 Å². The molecule has 9 heteroatoms. The smallest absolute Gasteiger partial charge is 0.295 e. The summed E-state index contributed by atoms with van der Waals surface area (Å²) in [5, 5.41) is 11.2. The number of rotatable bonds is 6.